The number of carboxylic acids is 1. The number of benzene rings is 1. The largest absolute Gasteiger partial charge is 0.478 e. The lowest BCUT2D eigenvalue weighted by molar-refractivity contribution is -0.136. The lowest BCUT2D eigenvalue weighted by Gasteiger charge is -2.15. The molecular weight excluding hydrogens is 384 g/mol. The van der Waals surface area contributed by atoms with Crippen LogP contribution in [0.4, 0.5) is 5.69 Å². The van der Waals surface area contributed by atoms with Gasteiger partial charge in [-0.25, -0.2) is 9.59 Å². The van der Waals surface area contributed by atoms with Gasteiger partial charge in [-0.3, -0.25) is 4.79 Å². The molecule has 1 heterocycles. The van der Waals surface area contributed by atoms with Gasteiger partial charge < -0.3 is 25.2 Å². The minimum absolute atomic E-state index is 0.0305. The van der Waals surface area contributed by atoms with E-state index in [1.165, 1.54) is 30.2 Å². The van der Waals surface area contributed by atoms with E-state index in [9.17, 15) is 14.4 Å². The number of esters is 1. The quantitative estimate of drug-likeness (QED) is 0.607. The number of hydrogen-bond donors (Lipinski definition) is 3. The van der Waals surface area contributed by atoms with Crippen molar-refractivity contribution in [2.75, 3.05) is 32.1 Å². The number of halogens is 1. The van der Waals surface area contributed by atoms with Crippen molar-refractivity contribution in [2.24, 2.45) is 0 Å². The Hall–Kier alpha value is -2.39. The van der Waals surface area contributed by atoms with E-state index < -0.39 is 17.8 Å². The Balaban J connectivity index is 2.33. The van der Waals surface area contributed by atoms with Crippen LogP contribution in [0.2, 0.25) is 0 Å². The number of amides is 1. The van der Waals surface area contributed by atoms with Crippen LogP contribution in [-0.4, -0.2) is 59.8 Å². The van der Waals surface area contributed by atoms with Gasteiger partial charge in [0.2, 0.25) is 0 Å². The smallest absolute Gasteiger partial charge is 0.337 e. The molecule has 3 N–H and O–H groups in total. The predicted octanol–water partition coefficient (Wildman–Crippen LogP) is 0.821. The van der Waals surface area contributed by atoms with Crippen LogP contribution < -0.4 is 5.32 Å². The highest BCUT2D eigenvalue weighted by Crippen LogP contribution is 2.26. The van der Waals surface area contributed by atoms with Gasteiger partial charge in [0.05, 0.1) is 31.4 Å². The van der Waals surface area contributed by atoms with Crippen molar-refractivity contribution in [1.82, 2.24) is 4.90 Å². The van der Waals surface area contributed by atoms with Gasteiger partial charge in [0.1, 0.15) is 5.70 Å². The lowest BCUT2D eigenvalue weighted by atomic mass is 10.2. The Morgan fingerprint density at radius 2 is 2.12 bits per heavy atom. The summed E-state index contributed by atoms with van der Waals surface area (Å²) in [5.41, 5.74) is 0.699. The van der Waals surface area contributed by atoms with Crippen LogP contribution in [0.3, 0.4) is 0 Å². The first-order valence-electron chi connectivity index (χ1n) is 6.90. The van der Waals surface area contributed by atoms with Crippen molar-refractivity contribution in [3.8, 4) is 0 Å². The zero-order valence-electron chi connectivity index (χ0n) is 12.7. The molecule has 1 amide bonds. The molecule has 8 nitrogen and oxygen atoms in total. The molecule has 0 unspecified atom stereocenters. The summed E-state index contributed by atoms with van der Waals surface area (Å²) >= 11 is 3.15. The molecule has 9 heteroatoms. The number of β-amino-alcohol motifs (C(OH)–C–C–N with tert-alkyl or cyclic N) is 1. The first kappa shape index (κ1) is 18.0. The molecule has 0 saturated heterocycles. The molecule has 0 saturated carbocycles. The molecule has 0 fully saturated rings. The van der Waals surface area contributed by atoms with E-state index in [2.05, 4.69) is 26.0 Å². The van der Waals surface area contributed by atoms with Crippen LogP contribution in [0, 0.1) is 0 Å². The van der Waals surface area contributed by atoms with Crippen LogP contribution in [0.1, 0.15) is 10.4 Å². The number of carbonyl (C=O) groups excluding carboxylic acids is 2. The second-order valence-electron chi connectivity index (χ2n) is 4.92. The number of carboxylic acid groups (broad SMARTS) is 1. The second-order valence-corrected chi connectivity index (χ2v) is 5.77. The second kappa shape index (κ2) is 7.45. The number of ether oxygens (including phenoxy) is 1. The molecule has 2 rings (SSSR count). The van der Waals surface area contributed by atoms with Crippen LogP contribution >= 0.6 is 15.9 Å². The molecule has 1 aliphatic rings. The highest BCUT2D eigenvalue weighted by molar-refractivity contribution is 9.10. The Morgan fingerprint density at radius 3 is 2.67 bits per heavy atom. The normalized spacial score (nSPS) is 14.1. The van der Waals surface area contributed by atoms with Crippen LogP contribution in [0.25, 0.3) is 0 Å². The van der Waals surface area contributed by atoms with Gasteiger partial charge in [0.15, 0.2) is 0 Å². The number of anilines is 1. The zero-order valence-corrected chi connectivity index (χ0v) is 14.3. The van der Waals surface area contributed by atoms with Crippen LogP contribution in [0.15, 0.2) is 33.9 Å². The maximum atomic E-state index is 12.4. The van der Waals surface area contributed by atoms with Crippen molar-refractivity contribution in [2.45, 2.75) is 0 Å². The molecule has 0 spiro atoms. The molecule has 24 heavy (non-hydrogen) atoms. The fourth-order valence-corrected chi connectivity index (χ4v) is 2.81. The van der Waals surface area contributed by atoms with Crippen molar-refractivity contribution >= 4 is 39.5 Å². The minimum atomic E-state index is -1.09. The van der Waals surface area contributed by atoms with Crippen LogP contribution in [0.5, 0.6) is 0 Å². The maximum absolute atomic E-state index is 12.4. The Morgan fingerprint density at radius 1 is 1.42 bits per heavy atom. The standard InChI is InChI=1S/C15H15BrN2O6/c1-24-15(23)10-7-18(4-5-19)13(20)12(10)17-8-2-3-9(14(21)22)11(16)6-8/h2-3,6,17,19H,4-5,7H2,1H3,(H,21,22). The van der Waals surface area contributed by atoms with Gasteiger partial charge in [0, 0.05) is 16.7 Å². The maximum Gasteiger partial charge on any atom is 0.337 e. The zero-order chi connectivity index (χ0) is 17.9. The van der Waals surface area contributed by atoms with Gasteiger partial charge in [-0.05, 0) is 34.1 Å². The predicted molar refractivity (Wildman–Crippen MR) is 87.4 cm³/mol. The monoisotopic (exact) mass is 398 g/mol. The van der Waals surface area contributed by atoms with Crippen LogP contribution in [-0.2, 0) is 14.3 Å². The number of carbonyl (C=O) groups is 3. The van der Waals surface area contributed by atoms with Gasteiger partial charge in [-0.1, -0.05) is 0 Å². The molecule has 0 radical (unpaired) electrons. The molecule has 128 valence electrons. The van der Waals surface area contributed by atoms with E-state index in [1.807, 2.05) is 0 Å². The first-order chi connectivity index (χ1) is 11.4. The summed E-state index contributed by atoms with van der Waals surface area (Å²) < 4.78 is 5.02. The van der Waals surface area contributed by atoms with E-state index in [4.69, 9.17) is 10.2 Å². The number of aliphatic hydroxyl groups is 1. The average Bonchev–Trinajstić information content (AvgIpc) is 2.84. The number of methoxy groups -OCH3 is 1. The molecule has 0 aromatic heterocycles. The SMILES string of the molecule is COC(=O)C1=C(Nc2ccc(C(=O)O)c(Br)c2)C(=O)N(CCO)C1. The highest BCUT2D eigenvalue weighted by atomic mass is 79.9. The Labute approximate surface area is 145 Å². The van der Waals surface area contributed by atoms with Gasteiger partial charge >= 0.3 is 11.9 Å². The molecule has 0 aliphatic carbocycles. The molecule has 1 aliphatic heterocycles. The molecule has 0 bridgehead atoms. The van der Waals surface area contributed by atoms with E-state index in [1.54, 1.807) is 0 Å². The summed E-state index contributed by atoms with van der Waals surface area (Å²) in [4.78, 5) is 36.6. The van der Waals surface area contributed by atoms with E-state index >= 15 is 0 Å². The number of hydrogen-bond acceptors (Lipinski definition) is 6. The van der Waals surface area contributed by atoms with Gasteiger partial charge in [0.25, 0.3) is 5.91 Å². The summed E-state index contributed by atoms with van der Waals surface area (Å²) in [6.07, 6.45) is 0. The molecule has 1 aromatic carbocycles. The summed E-state index contributed by atoms with van der Waals surface area (Å²) in [5, 5.41) is 20.9. The number of rotatable bonds is 6. The number of nitrogens with zero attached hydrogens (tertiary/aromatic N) is 1. The van der Waals surface area contributed by atoms with Gasteiger partial charge in [-0.2, -0.15) is 0 Å². The van der Waals surface area contributed by atoms with Crippen molar-refractivity contribution in [3.63, 3.8) is 0 Å². The summed E-state index contributed by atoms with van der Waals surface area (Å²) in [6, 6.07) is 4.35. The lowest BCUT2D eigenvalue weighted by Crippen LogP contribution is -2.31. The first-order valence-corrected chi connectivity index (χ1v) is 7.69. The van der Waals surface area contributed by atoms with Crippen molar-refractivity contribution in [3.05, 3.63) is 39.5 Å². The van der Waals surface area contributed by atoms with E-state index in [0.29, 0.717) is 10.2 Å². The third kappa shape index (κ3) is 3.57. The Bertz CT molecular complexity index is 731. The number of aliphatic hydroxyl groups excluding tert-OH is 1. The third-order valence-corrected chi connectivity index (χ3v) is 4.08. The van der Waals surface area contributed by atoms with Gasteiger partial charge in [-0.15, -0.1) is 0 Å². The number of nitrogens with one attached hydrogen (secondary N) is 1. The fraction of sp³-hybridized carbons (Fsp3) is 0.267. The highest BCUT2D eigenvalue weighted by Gasteiger charge is 2.34. The Kier molecular flexibility index (Phi) is 5.58. The summed E-state index contributed by atoms with van der Waals surface area (Å²) in [7, 11) is 1.21. The van der Waals surface area contributed by atoms with Crippen molar-refractivity contribution in [1.29, 1.82) is 0 Å². The number of aromatic carboxylic acids is 1. The summed E-state index contributed by atoms with van der Waals surface area (Å²) in [5.74, 6) is -2.18. The third-order valence-electron chi connectivity index (χ3n) is 3.42. The molecule has 0 atom stereocenters. The average molecular weight is 399 g/mol. The van der Waals surface area contributed by atoms with E-state index in [0.717, 1.165) is 0 Å². The topological polar surface area (TPSA) is 116 Å². The summed E-state index contributed by atoms with van der Waals surface area (Å²) in [6.45, 7) is -0.110. The molecule has 1 aromatic rings. The minimum Gasteiger partial charge on any atom is -0.478 e. The fourth-order valence-electron chi connectivity index (χ4n) is 2.26. The van der Waals surface area contributed by atoms with E-state index in [-0.39, 0.29) is 36.5 Å². The van der Waals surface area contributed by atoms with Crippen molar-refractivity contribution < 1.29 is 29.3 Å². The molecular formula is C15H15BrN2O6.